The van der Waals surface area contributed by atoms with Gasteiger partial charge in [-0.2, -0.15) is 5.10 Å². The Morgan fingerprint density at radius 3 is 2.76 bits per heavy atom. The minimum atomic E-state index is -3.13. The van der Waals surface area contributed by atoms with Gasteiger partial charge in [-0.25, -0.2) is 13.1 Å². The Morgan fingerprint density at radius 1 is 1.52 bits per heavy atom. The zero-order chi connectivity index (χ0) is 15.8. The van der Waals surface area contributed by atoms with Crippen LogP contribution < -0.4 is 10.9 Å². The molecule has 1 saturated heterocycles. The molecule has 1 N–H and O–H groups in total. The molecule has 1 amide bonds. The minimum absolute atomic E-state index is 0.00664. The van der Waals surface area contributed by atoms with Gasteiger partial charge in [0.15, 0.2) is 9.84 Å². The molecule has 116 valence electrons. The van der Waals surface area contributed by atoms with Crippen LogP contribution in [0.4, 0.5) is 0 Å². The van der Waals surface area contributed by atoms with Gasteiger partial charge in [-0.05, 0) is 13.3 Å². The summed E-state index contributed by atoms with van der Waals surface area (Å²) in [5, 5.41) is 6.13. The van der Waals surface area contributed by atoms with Gasteiger partial charge < -0.3 is 5.32 Å². The molecule has 1 aromatic rings. The molecule has 1 atom stereocenters. The van der Waals surface area contributed by atoms with Crippen molar-refractivity contribution in [3.05, 3.63) is 26.6 Å². The fraction of sp³-hybridized carbons (Fsp3) is 0.545. The number of nitrogens with zero attached hydrogens (tertiary/aromatic N) is 2. The largest absolute Gasteiger partial charge is 0.348 e. The summed E-state index contributed by atoms with van der Waals surface area (Å²) in [4.78, 5) is 23.7. The molecule has 21 heavy (non-hydrogen) atoms. The van der Waals surface area contributed by atoms with Crippen molar-refractivity contribution >= 4 is 38.9 Å². The van der Waals surface area contributed by atoms with E-state index in [1.807, 2.05) is 0 Å². The van der Waals surface area contributed by atoms with E-state index in [0.717, 1.165) is 4.68 Å². The predicted molar refractivity (Wildman–Crippen MR) is 78.3 cm³/mol. The first-order chi connectivity index (χ1) is 9.62. The van der Waals surface area contributed by atoms with E-state index in [4.69, 9.17) is 23.2 Å². The lowest BCUT2D eigenvalue weighted by atomic mass is 10.0. The first kappa shape index (κ1) is 16.3. The predicted octanol–water partition coefficient (Wildman–Crippen LogP) is 0.243. The number of nitrogens with one attached hydrogen (secondary N) is 1. The Labute approximate surface area is 131 Å². The van der Waals surface area contributed by atoms with Gasteiger partial charge in [-0.1, -0.05) is 23.2 Å². The molecule has 2 heterocycles. The Balaban J connectivity index is 2.10. The lowest BCUT2D eigenvalue weighted by Crippen LogP contribution is -2.49. The van der Waals surface area contributed by atoms with Crippen LogP contribution in [0.1, 0.15) is 13.3 Å². The minimum Gasteiger partial charge on any atom is -0.348 e. The Hall–Kier alpha value is -1.12. The summed E-state index contributed by atoms with van der Waals surface area (Å²) < 4.78 is 23.8. The van der Waals surface area contributed by atoms with Gasteiger partial charge in [0.25, 0.3) is 5.56 Å². The van der Waals surface area contributed by atoms with Crippen LogP contribution >= 0.6 is 23.2 Å². The second kappa shape index (κ2) is 5.58. The molecular weight excluding hydrogens is 341 g/mol. The smallest absolute Gasteiger partial charge is 0.287 e. The molecular formula is C11H13Cl2N3O4S. The number of halogens is 2. The maximum atomic E-state index is 12.0. The van der Waals surface area contributed by atoms with Gasteiger partial charge in [0.05, 0.1) is 28.3 Å². The van der Waals surface area contributed by atoms with E-state index in [-0.39, 0.29) is 28.1 Å². The third-order valence-corrected chi connectivity index (χ3v) is 5.83. The van der Waals surface area contributed by atoms with Crippen molar-refractivity contribution in [3.63, 3.8) is 0 Å². The van der Waals surface area contributed by atoms with Crippen molar-refractivity contribution in [1.82, 2.24) is 15.1 Å². The summed E-state index contributed by atoms with van der Waals surface area (Å²) in [5.41, 5.74) is -1.50. The van der Waals surface area contributed by atoms with Crippen LogP contribution in [0.3, 0.4) is 0 Å². The van der Waals surface area contributed by atoms with Crippen LogP contribution in [0.5, 0.6) is 0 Å². The zero-order valence-electron chi connectivity index (χ0n) is 11.1. The number of hydrogen-bond donors (Lipinski definition) is 1. The standard InChI is InChI=1S/C11H13Cl2N3O4S/c1-11(2-3-21(19,20)6-11)15-8(17)5-16-10(18)9(13)7(12)4-14-16/h4H,2-3,5-6H2,1H3,(H,15,17)/t11-/m0/s1. The van der Waals surface area contributed by atoms with Gasteiger partial charge in [0, 0.05) is 0 Å². The zero-order valence-corrected chi connectivity index (χ0v) is 13.4. The second-order valence-electron chi connectivity index (χ2n) is 5.22. The van der Waals surface area contributed by atoms with Gasteiger partial charge in [0.2, 0.25) is 5.91 Å². The van der Waals surface area contributed by atoms with Gasteiger partial charge in [0.1, 0.15) is 11.6 Å². The third-order valence-electron chi connectivity index (χ3n) is 3.18. The van der Waals surface area contributed by atoms with Crippen molar-refractivity contribution in [1.29, 1.82) is 0 Å². The van der Waals surface area contributed by atoms with Gasteiger partial charge in [-0.3, -0.25) is 9.59 Å². The van der Waals surface area contributed by atoms with Crippen LogP contribution in [0.25, 0.3) is 0 Å². The first-order valence-electron chi connectivity index (χ1n) is 6.04. The molecule has 1 aliphatic rings. The molecule has 0 aromatic carbocycles. The highest BCUT2D eigenvalue weighted by Crippen LogP contribution is 2.22. The van der Waals surface area contributed by atoms with Crippen LogP contribution in [0.2, 0.25) is 10.0 Å². The van der Waals surface area contributed by atoms with Crippen LogP contribution in [0.15, 0.2) is 11.0 Å². The van der Waals surface area contributed by atoms with Crippen molar-refractivity contribution in [3.8, 4) is 0 Å². The van der Waals surface area contributed by atoms with Crippen LogP contribution in [-0.2, 0) is 21.2 Å². The number of amides is 1. The topological polar surface area (TPSA) is 98.1 Å². The number of sulfone groups is 1. The van der Waals surface area contributed by atoms with E-state index in [1.165, 1.54) is 6.20 Å². The van der Waals surface area contributed by atoms with Gasteiger partial charge in [-0.15, -0.1) is 0 Å². The van der Waals surface area contributed by atoms with E-state index >= 15 is 0 Å². The highest BCUT2D eigenvalue weighted by Gasteiger charge is 2.39. The molecule has 1 fully saturated rings. The van der Waals surface area contributed by atoms with Crippen molar-refractivity contribution in [2.24, 2.45) is 0 Å². The Bertz CT molecular complexity index is 746. The van der Waals surface area contributed by atoms with E-state index in [1.54, 1.807) is 6.92 Å². The highest BCUT2D eigenvalue weighted by atomic mass is 35.5. The number of rotatable bonds is 3. The Kier molecular flexibility index (Phi) is 4.32. The highest BCUT2D eigenvalue weighted by molar-refractivity contribution is 7.91. The average molecular weight is 354 g/mol. The molecule has 7 nitrogen and oxygen atoms in total. The molecule has 1 aliphatic heterocycles. The molecule has 2 rings (SSSR count). The van der Waals surface area contributed by atoms with E-state index in [9.17, 15) is 18.0 Å². The molecule has 0 unspecified atom stereocenters. The number of carbonyl (C=O) groups is 1. The quantitative estimate of drug-likeness (QED) is 0.839. The molecule has 0 radical (unpaired) electrons. The van der Waals surface area contributed by atoms with E-state index < -0.39 is 26.8 Å². The number of carbonyl (C=O) groups excluding carboxylic acids is 1. The second-order valence-corrected chi connectivity index (χ2v) is 8.19. The lowest BCUT2D eigenvalue weighted by molar-refractivity contribution is -0.123. The maximum absolute atomic E-state index is 12.0. The summed E-state index contributed by atoms with van der Waals surface area (Å²) in [6.45, 7) is 1.30. The van der Waals surface area contributed by atoms with Crippen LogP contribution in [-0.4, -0.2) is 41.2 Å². The van der Waals surface area contributed by atoms with Crippen LogP contribution in [0, 0.1) is 0 Å². The average Bonchev–Trinajstić information content (AvgIpc) is 2.64. The van der Waals surface area contributed by atoms with Crippen molar-refractivity contribution in [2.75, 3.05) is 11.5 Å². The summed E-state index contributed by atoms with van der Waals surface area (Å²) in [5.74, 6) is -0.591. The van der Waals surface area contributed by atoms with Crippen molar-refractivity contribution in [2.45, 2.75) is 25.4 Å². The SMILES string of the molecule is C[C@]1(NC(=O)Cn2ncc(Cl)c(Cl)c2=O)CCS(=O)(=O)C1. The van der Waals surface area contributed by atoms with E-state index in [2.05, 4.69) is 10.4 Å². The fourth-order valence-corrected chi connectivity index (χ4v) is 4.54. The van der Waals surface area contributed by atoms with Crippen molar-refractivity contribution < 1.29 is 13.2 Å². The number of hydrogen-bond acceptors (Lipinski definition) is 5. The maximum Gasteiger partial charge on any atom is 0.287 e. The number of aromatic nitrogens is 2. The fourth-order valence-electron chi connectivity index (χ4n) is 2.18. The third kappa shape index (κ3) is 3.75. The first-order valence-corrected chi connectivity index (χ1v) is 8.62. The molecule has 0 saturated carbocycles. The van der Waals surface area contributed by atoms with E-state index in [0.29, 0.717) is 6.42 Å². The molecule has 0 aliphatic carbocycles. The summed E-state index contributed by atoms with van der Waals surface area (Å²) in [7, 11) is -3.13. The lowest BCUT2D eigenvalue weighted by Gasteiger charge is -2.23. The summed E-state index contributed by atoms with van der Waals surface area (Å²) in [6, 6.07) is 0. The molecule has 0 spiro atoms. The Morgan fingerprint density at radius 2 is 2.19 bits per heavy atom. The molecule has 0 bridgehead atoms. The van der Waals surface area contributed by atoms with Gasteiger partial charge >= 0.3 is 0 Å². The summed E-state index contributed by atoms with van der Waals surface area (Å²) >= 11 is 11.3. The monoisotopic (exact) mass is 353 g/mol. The molecule has 1 aromatic heterocycles. The summed E-state index contributed by atoms with van der Waals surface area (Å²) in [6.07, 6.45) is 1.51. The molecule has 10 heteroatoms. The normalized spacial score (nSPS) is 24.0.